The zero-order valence-electron chi connectivity index (χ0n) is 9.13. The van der Waals surface area contributed by atoms with Crippen molar-refractivity contribution in [2.24, 2.45) is 5.41 Å². The van der Waals surface area contributed by atoms with E-state index in [-0.39, 0.29) is 6.61 Å². The third kappa shape index (κ3) is 1.73. The zero-order chi connectivity index (χ0) is 11.9. The molecule has 0 amide bonds. The summed E-state index contributed by atoms with van der Waals surface area (Å²) >= 11 is 1.55. The number of hydrogen-bond donors (Lipinski definition) is 1. The smallest absolute Gasteiger partial charge is 0.312 e. The lowest BCUT2D eigenvalue weighted by Gasteiger charge is -2.20. The molecule has 1 N–H and O–H groups in total. The Morgan fingerprint density at radius 1 is 1.71 bits per heavy atom. The Balaban J connectivity index is 1.90. The van der Waals surface area contributed by atoms with Crippen molar-refractivity contribution in [1.29, 1.82) is 0 Å². The highest BCUT2D eigenvalue weighted by molar-refractivity contribution is 7.15. The summed E-state index contributed by atoms with van der Waals surface area (Å²) in [5.41, 5.74) is 0.0362. The van der Waals surface area contributed by atoms with Crippen molar-refractivity contribution in [3.8, 4) is 0 Å². The third-order valence-electron chi connectivity index (χ3n) is 3.22. The highest BCUT2D eigenvalue weighted by atomic mass is 32.1. The lowest BCUT2D eigenvalue weighted by Crippen LogP contribution is -2.33. The summed E-state index contributed by atoms with van der Waals surface area (Å²) in [4.78, 5) is 16.7. The molecule has 1 aliphatic heterocycles. The number of aromatic nitrogens is 2. The van der Waals surface area contributed by atoms with E-state index in [0.717, 1.165) is 10.7 Å². The van der Waals surface area contributed by atoms with Gasteiger partial charge in [0.15, 0.2) is 4.96 Å². The van der Waals surface area contributed by atoms with Gasteiger partial charge in [0.25, 0.3) is 0 Å². The molecule has 2 aromatic rings. The van der Waals surface area contributed by atoms with Crippen LogP contribution in [-0.4, -0.2) is 33.7 Å². The molecule has 0 bridgehead atoms. The van der Waals surface area contributed by atoms with Gasteiger partial charge in [0, 0.05) is 30.8 Å². The van der Waals surface area contributed by atoms with Gasteiger partial charge in [0.05, 0.1) is 17.7 Å². The molecule has 1 atom stereocenters. The highest BCUT2D eigenvalue weighted by Gasteiger charge is 2.43. The molecule has 0 spiro atoms. The van der Waals surface area contributed by atoms with Crippen molar-refractivity contribution in [3.63, 3.8) is 0 Å². The van der Waals surface area contributed by atoms with Crippen LogP contribution < -0.4 is 0 Å². The number of ether oxygens (including phenoxy) is 1. The molecule has 3 rings (SSSR count). The van der Waals surface area contributed by atoms with E-state index in [1.807, 2.05) is 22.2 Å². The van der Waals surface area contributed by atoms with Crippen molar-refractivity contribution in [2.45, 2.75) is 12.8 Å². The van der Waals surface area contributed by atoms with Crippen LogP contribution in [0.4, 0.5) is 0 Å². The fourth-order valence-corrected chi connectivity index (χ4v) is 2.92. The number of carboxylic acid groups (broad SMARTS) is 1. The van der Waals surface area contributed by atoms with Crippen molar-refractivity contribution in [3.05, 3.63) is 23.5 Å². The molecule has 1 saturated heterocycles. The van der Waals surface area contributed by atoms with E-state index >= 15 is 0 Å². The molecule has 5 nitrogen and oxygen atoms in total. The van der Waals surface area contributed by atoms with Gasteiger partial charge < -0.3 is 9.84 Å². The van der Waals surface area contributed by atoms with E-state index in [0.29, 0.717) is 19.4 Å². The summed E-state index contributed by atoms with van der Waals surface area (Å²) in [5.74, 6) is -0.786. The number of nitrogens with zero attached hydrogens (tertiary/aromatic N) is 2. The van der Waals surface area contributed by atoms with E-state index in [2.05, 4.69) is 4.98 Å². The number of imidazole rings is 1. The van der Waals surface area contributed by atoms with Crippen molar-refractivity contribution >= 4 is 22.3 Å². The van der Waals surface area contributed by atoms with Gasteiger partial charge in [-0.2, -0.15) is 0 Å². The molecule has 0 saturated carbocycles. The van der Waals surface area contributed by atoms with Gasteiger partial charge in [0.1, 0.15) is 0 Å². The summed E-state index contributed by atoms with van der Waals surface area (Å²) in [6, 6.07) is 0. The lowest BCUT2D eigenvalue weighted by molar-refractivity contribution is -0.148. The van der Waals surface area contributed by atoms with Gasteiger partial charge in [-0.3, -0.25) is 9.20 Å². The van der Waals surface area contributed by atoms with Crippen molar-refractivity contribution in [1.82, 2.24) is 9.38 Å². The summed E-state index contributed by atoms with van der Waals surface area (Å²) in [6.45, 7) is 0.808. The molecular formula is C11H12N2O3S. The van der Waals surface area contributed by atoms with Crippen LogP contribution in [-0.2, 0) is 16.0 Å². The van der Waals surface area contributed by atoms with Crippen molar-refractivity contribution in [2.75, 3.05) is 13.2 Å². The molecule has 1 unspecified atom stereocenters. The van der Waals surface area contributed by atoms with Gasteiger partial charge in [-0.05, 0) is 6.42 Å². The zero-order valence-corrected chi connectivity index (χ0v) is 9.94. The molecule has 2 aromatic heterocycles. The van der Waals surface area contributed by atoms with Crippen LogP contribution >= 0.6 is 11.3 Å². The normalized spacial score (nSPS) is 24.5. The van der Waals surface area contributed by atoms with Crippen LogP contribution in [0.1, 0.15) is 12.1 Å². The fourth-order valence-electron chi connectivity index (χ4n) is 2.20. The van der Waals surface area contributed by atoms with Crippen LogP contribution in [0.15, 0.2) is 17.8 Å². The molecule has 0 aromatic carbocycles. The average molecular weight is 252 g/mol. The quantitative estimate of drug-likeness (QED) is 0.897. The van der Waals surface area contributed by atoms with Crippen LogP contribution in [0.2, 0.25) is 0 Å². The molecule has 6 heteroatoms. The van der Waals surface area contributed by atoms with Crippen LogP contribution in [0.5, 0.6) is 0 Å². The number of thiazole rings is 1. The first-order valence-electron chi connectivity index (χ1n) is 5.42. The van der Waals surface area contributed by atoms with Gasteiger partial charge in [-0.15, -0.1) is 11.3 Å². The summed E-state index contributed by atoms with van der Waals surface area (Å²) in [6.07, 6.45) is 4.83. The van der Waals surface area contributed by atoms with Gasteiger partial charge in [-0.25, -0.2) is 4.98 Å². The Morgan fingerprint density at radius 3 is 3.24 bits per heavy atom. The summed E-state index contributed by atoms with van der Waals surface area (Å²) in [7, 11) is 0. The topological polar surface area (TPSA) is 63.8 Å². The maximum absolute atomic E-state index is 11.4. The van der Waals surface area contributed by atoms with E-state index in [4.69, 9.17) is 4.74 Å². The SMILES string of the molecule is O=C(O)C1(Cc2cn3ccsc3n2)CCOC1. The van der Waals surface area contributed by atoms with Crippen LogP contribution in [0.3, 0.4) is 0 Å². The molecular weight excluding hydrogens is 240 g/mol. The first-order valence-corrected chi connectivity index (χ1v) is 6.30. The Morgan fingerprint density at radius 2 is 2.59 bits per heavy atom. The van der Waals surface area contributed by atoms with Crippen LogP contribution in [0, 0.1) is 5.41 Å². The minimum atomic E-state index is -0.788. The number of fused-ring (bicyclic) bond motifs is 1. The summed E-state index contributed by atoms with van der Waals surface area (Å²) in [5, 5.41) is 11.3. The van der Waals surface area contributed by atoms with Gasteiger partial charge >= 0.3 is 5.97 Å². The molecule has 1 aliphatic rings. The maximum Gasteiger partial charge on any atom is 0.312 e. The van der Waals surface area contributed by atoms with E-state index in [9.17, 15) is 9.90 Å². The number of hydrogen-bond acceptors (Lipinski definition) is 4. The van der Waals surface area contributed by atoms with Crippen molar-refractivity contribution < 1.29 is 14.6 Å². The second-order valence-corrected chi connectivity index (χ2v) is 5.26. The average Bonchev–Trinajstić information content (AvgIpc) is 2.92. The highest BCUT2D eigenvalue weighted by Crippen LogP contribution is 2.33. The summed E-state index contributed by atoms with van der Waals surface area (Å²) < 4.78 is 7.16. The third-order valence-corrected chi connectivity index (χ3v) is 3.99. The molecule has 1 fully saturated rings. The Bertz CT molecular complexity index is 525. The monoisotopic (exact) mass is 252 g/mol. The van der Waals surface area contributed by atoms with E-state index in [1.165, 1.54) is 0 Å². The molecule has 0 aliphatic carbocycles. The predicted molar refractivity (Wildman–Crippen MR) is 62.3 cm³/mol. The minimum Gasteiger partial charge on any atom is -0.481 e. The Hall–Kier alpha value is -1.40. The Kier molecular flexibility index (Phi) is 2.41. The fraction of sp³-hybridized carbons (Fsp3) is 0.455. The predicted octanol–water partition coefficient (Wildman–Crippen LogP) is 1.43. The maximum atomic E-state index is 11.4. The molecule has 3 heterocycles. The number of carbonyl (C=O) groups is 1. The standard InChI is InChI=1S/C11H12N2O3S/c14-9(15)11(1-3-16-7-11)5-8-6-13-2-4-17-10(13)12-8/h2,4,6H,1,3,5,7H2,(H,14,15). The minimum absolute atomic E-state index is 0.285. The molecule has 17 heavy (non-hydrogen) atoms. The number of carboxylic acids is 1. The Labute approximate surface area is 102 Å². The largest absolute Gasteiger partial charge is 0.481 e. The van der Waals surface area contributed by atoms with E-state index < -0.39 is 11.4 Å². The van der Waals surface area contributed by atoms with Gasteiger partial charge in [0.2, 0.25) is 0 Å². The second-order valence-electron chi connectivity index (χ2n) is 4.39. The first-order chi connectivity index (χ1) is 8.20. The number of aliphatic carboxylic acids is 1. The molecule has 0 radical (unpaired) electrons. The molecule has 90 valence electrons. The van der Waals surface area contributed by atoms with Gasteiger partial charge in [-0.1, -0.05) is 0 Å². The van der Waals surface area contributed by atoms with E-state index in [1.54, 1.807) is 11.3 Å². The first kappa shape index (κ1) is 10.7. The lowest BCUT2D eigenvalue weighted by atomic mass is 9.83. The van der Waals surface area contributed by atoms with Crippen LogP contribution in [0.25, 0.3) is 4.96 Å². The number of rotatable bonds is 3. The second kappa shape index (κ2) is 3.82.